The summed E-state index contributed by atoms with van der Waals surface area (Å²) in [5.41, 5.74) is 0.565. The molecular weight excluding hydrogens is 278 g/mol. The summed E-state index contributed by atoms with van der Waals surface area (Å²) in [6.07, 6.45) is 0.918. The van der Waals surface area contributed by atoms with Crippen molar-refractivity contribution in [3.63, 3.8) is 0 Å². The molecule has 20 heavy (non-hydrogen) atoms. The summed E-state index contributed by atoms with van der Waals surface area (Å²) < 4.78 is 5.56. The van der Waals surface area contributed by atoms with E-state index in [2.05, 4.69) is 10.3 Å². The number of nitrogens with zero attached hydrogens (tertiary/aromatic N) is 2. The molecule has 110 valence electrons. The molecule has 1 N–H and O–H groups in total. The Morgan fingerprint density at radius 3 is 3.15 bits per heavy atom. The van der Waals surface area contributed by atoms with Crippen molar-refractivity contribution in [3.8, 4) is 0 Å². The highest BCUT2D eigenvalue weighted by molar-refractivity contribution is 6.29. The van der Waals surface area contributed by atoms with E-state index in [4.69, 9.17) is 16.3 Å². The van der Waals surface area contributed by atoms with Crippen molar-refractivity contribution in [1.29, 1.82) is 0 Å². The van der Waals surface area contributed by atoms with Crippen LogP contribution in [0.5, 0.6) is 0 Å². The van der Waals surface area contributed by atoms with E-state index in [-0.39, 0.29) is 12.0 Å². The van der Waals surface area contributed by atoms with Crippen LogP contribution in [0.15, 0.2) is 12.1 Å². The van der Waals surface area contributed by atoms with Gasteiger partial charge in [0.25, 0.3) is 5.91 Å². The third kappa shape index (κ3) is 3.84. The van der Waals surface area contributed by atoms with Gasteiger partial charge in [-0.05, 0) is 32.4 Å². The Hall–Kier alpha value is -1.33. The van der Waals surface area contributed by atoms with E-state index in [1.54, 1.807) is 12.1 Å². The van der Waals surface area contributed by atoms with Crippen LogP contribution < -0.4 is 5.32 Å². The second-order valence-electron chi connectivity index (χ2n) is 4.88. The minimum Gasteiger partial charge on any atom is -0.377 e. The molecule has 0 aliphatic carbocycles. The minimum absolute atomic E-state index is 0.0224. The lowest BCUT2D eigenvalue weighted by molar-refractivity contribution is 0.0562. The standard InChI is InChI=1S/C14H20ClN3O2/c1-3-16-13-8-11(7-12(15)17-13)14(19)18-5-4-6-20-10(2)9-18/h7-8,10H,3-6,9H2,1-2H3,(H,16,17). The van der Waals surface area contributed by atoms with Crippen LogP contribution in [0.2, 0.25) is 5.15 Å². The number of rotatable bonds is 3. The van der Waals surface area contributed by atoms with Crippen LogP contribution in [0.3, 0.4) is 0 Å². The summed E-state index contributed by atoms with van der Waals surface area (Å²) in [5, 5.41) is 3.40. The van der Waals surface area contributed by atoms with Crippen LogP contribution in [0, 0.1) is 0 Å². The lowest BCUT2D eigenvalue weighted by Gasteiger charge is -2.22. The molecular formula is C14H20ClN3O2. The van der Waals surface area contributed by atoms with Crippen LogP contribution >= 0.6 is 11.6 Å². The maximum Gasteiger partial charge on any atom is 0.254 e. The van der Waals surface area contributed by atoms with E-state index in [1.807, 2.05) is 18.7 Å². The molecule has 1 unspecified atom stereocenters. The van der Waals surface area contributed by atoms with Gasteiger partial charge in [-0.2, -0.15) is 0 Å². The molecule has 6 heteroatoms. The van der Waals surface area contributed by atoms with E-state index in [0.29, 0.717) is 36.2 Å². The molecule has 2 heterocycles. The van der Waals surface area contributed by atoms with E-state index < -0.39 is 0 Å². The highest BCUT2D eigenvalue weighted by Gasteiger charge is 2.21. The number of pyridine rings is 1. The Balaban J connectivity index is 2.18. The third-order valence-corrected chi connectivity index (χ3v) is 3.33. The molecule has 1 aliphatic heterocycles. The molecule has 1 saturated heterocycles. The maximum absolute atomic E-state index is 12.6. The quantitative estimate of drug-likeness (QED) is 0.871. The lowest BCUT2D eigenvalue weighted by Crippen LogP contribution is -2.36. The van der Waals surface area contributed by atoms with Gasteiger partial charge in [0.05, 0.1) is 6.10 Å². The van der Waals surface area contributed by atoms with Crippen molar-refractivity contribution in [2.75, 3.05) is 31.6 Å². The van der Waals surface area contributed by atoms with Crippen molar-refractivity contribution in [3.05, 3.63) is 22.8 Å². The normalized spacial score (nSPS) is 19.6. The molecule has 0 spiro atoms. The van der Waals surface area contributed by atoms with Gasteiger partial charge in [0.15, 0.2) is 0 Å². The number of hydrogen-bond donors (Lipinski definition) is 1. The van der Waals surface area contributed by atoms with Crippen LogP contribution in [0.4, 0.5) is 5.82 Å². The van der Waals surface area contributed by atoms with Gasteiger partial charge >= 0.3 is 0 Å². The Labute approximate surface area is 124 Å². The maximum atomic E-state index is 12.6. The predicted molar refractivity (Wildman–Crippen MR) is 79.3 cm³/mol. The minimum atomic E-state index is -0.0224. The van der Waals surface area contributed by atoms with E-state index >= 15 is 0 Å². The fraction of sp³-hybridized carbons (Fsp3) is 0.571. The second kappa shape index (κ2) is 6.90. The average Bonchev–Trinajstić information content (AvgIpc) is 2.62. The molecule has 0 radical (unpaired) electrons. The van der Waals surface area contributed by atoms with Gasteiger partial charge in [-0.1, -0.05) is 11.6 Å². The van der Waals surface area contributed by atoms with Crippen molar-refractivity contribution < 1.29 is 9.53 Å². The molecule has 0 saturated carbocycles. The zero-order valence-electron chi connectivity index (χ0n) is 11.9. The number of hydrogen-bond acceptors (Lipinski definition) is 4. The first-order chi connectivity index (χ1) is 9.60. The average molecular weight is 298 g/mol. The van der Waals surface area contributed by atoms with Gasteiger partial charge in [0.1, 0.15) is 11.0 Å². The molecule has 0 aromatic carbocycles. The lowest BCUT2D eigenvalue weighted by atomic mass is 10.2. The van der Waals surface area contributed by atoms with Crippen molar-refractivity contribution >= 4 is 23.3 Å². The molecule has 1 aliphatic rings. The SMILES string of the molecule is CCNc1cc(C(=O)N2CCCOC(C)C2)cc(Cl)n1. The smallest absolute Gasteiger partial charge is 0.254 e. The Kier molecular flexibility index (Phi) is 5.20. The summed E-state index contributed by atoms with van der Waals surface area (Å²) in [4.78, 5) is 18.5. The second-order valence-corrected chi connectivity index (χ2v) is 5.27. The Morgan fingerprint density at radius 2 is 2.40 bits per heavy atom. The van der Waals surface area contributed by atoms with E-state index in [0.717, 1.165) is 13.0 Å². The highest BCUT2D eigenvalue weighted by atomic mass is 35.5. The van der Waals surface area contributed by atoms with Crippen LogP contribution in [-0.4, -0.2) is 48.1 Å². The number of nitrogens with one attached hydrogen (secondary N) is 1. The largest absolute Gasteiger partial charge is 0.377 e. The number of anilines is 1. The molecule has 1 atom stereocenters. The van der Waals surface area contributed by atoms with Crippen molar-refractivity contribution in [1.82, 2.24) is 9.88 Å². The van der Waals surface area contributed by atoms with Crippen molar-refractivity contribution in [2.45, 2.75) is 26.4 Å². The first-order valence-electron chi connectivity index (χ1n) is 6.92. The summed E-state index contributed by atoms with van der Waals surface area (Å²) >= 11 is 5.98. The fourth-order valence-corrected chi connectivity index (χ4v) is 2.46. The molecule has 1 fully saturated rings. The molecule has 5 nitrogen and oxygen atoms in total. The third-order valence-electron chi connectivity index (χ3n) is 3.14. The van der Waals surface area contributed by atoms with E-state index in [9.17, 15) is 4.79 Å². The first kappa shape index (κ1) is 15.1. The highest BCUT2D eigenvalue weighted by Crippen LogP contribution is 2.17. The Bertz CT molecular complexity index is 481. The van der Waals surface area contributed by atoms with Crippen LogP contribution in [-0.2, 0) is 4.74 Å². The number of carbonyl (C=O) groups is 1. The van der Waals surface area contributed by atoms with Gasteiger partial charge in [-0.15, -0.1) is 0 Å². The van der Waals surface area contributed by atoms with E-state index in [1.165, 1.54) is 0 Å². The number of aromatic nitrogens is 1. The van der Waals surface area contributed by atoms with Gasteiger partial charge in [-0.25, -0.2) is 4.98 Å². The summed E-state index contributed by atoms with van der Waals surface area (Å²) in [7, 11) is 0. The molecule has 2 rings (SSSR count). The number of ether oxygens (including phenoxy) is 1. The van der Waals surface area contributed by atoms with Crippen LogP contribution in [0.25, 0.3) is 0 Å². The molecule has 1 aromatic heterocycles. The number of halogens is 1. The molecule has 1 amide bonds. The fourth-order valence-electron chi connectivity index (χ4n) is 2.25. The summed E-state index contributed by atoms with van der Waals surface area (Å²) in [6.45, 7) is 6.70. The van der Waals surface area contributed by atoms with Gasteiger partial charge in [-0.3, -0.25) is 4.79 Å². The first-order valence-corrected chi connectivity index (χ1v) is 7.30. The summed E-state index contributed by atoms with van der Waals surface area (Å²) in [5.74, 6) is 0.605. The van der Waals surface area contributed by atoms with Gasteiger partial charge in [0, 0.05) is 31.8 Å². The molecule has 0 bridgehead atoms. The number of amides is 1. The Morgan fingerprint density at radius 1 is 1.60 bits per heavy atom. The number of carbonyl (C=O) groups excluding carboxylic acids is 1. The zero-order valence-corrected chi connectivity index (χ0v) is 12.6. The zero-order chi connectivity index (χ0) is 14.5. The van der Waals surface area contributed by atoms with Gasteiger partial charge in [0.2, 0.25) is 0 Å². The van der Waals surface area contributed by atoms with Crippen molar-refractivity contribution in [2.24, 2.45) is 0 Å². The molecule has 1 aromatic rings. The van der Waals surface area contributed by atoms with Gasteiger partial charge < -0.3 is 15.0 Å². The predicted octanol–water partition coefficient (Wildman–Crippen LogP) is 2.42. The van der Waals surface area contributed by atoms with Crippen LogP contribution in [0.1, 0.15) is 30.6 Å². The summed E-state index contributed by atoms with van der Waals surface area (Å²) in [6, 6.07) is 3.36. The monoisotopic (exact) mass is 297 g/mol. The topological polar surface area (TPSA) is 54.5 Å².